The molecule has 0 spiro atoms. The van der Waals surface area contributed by atoms with E-state index in [4.69, 9.17) is 13.9 Å². The van der Waals surface area contributed by atoms with Crippen molar-refractivity contribution in [2.45, 2.75) is 13.5 Å². The van der Waals surface area contributed by atoms with Gasteiger partial charge in [0.2, 0.25) is 0 Å². The maximum atomic E-state index is 13.4. The molecule has 124 valence electrons. The number of ether oxygens (including phenoxy) is 2. The molecule has 6 heteroatoms. The molecule has 0 bridgehead atoms. The van der Waals surface area contributed by atoms with E-state index in [-0.39, 0.29) is 11.6 Å². The molecule has 5 nitrogen and oxygen atoms in total. The third-order valence-electron chi connectivity index (χ3n) is 3.37. The van der Waals surface area contributed by atoms with Crippen molar-refractivity contribution in [2.24, 2.45) is 0 Å². The smallest absolute Gasteiger partial charge is 0.341 e. The molecule has 0 fully saturated rings. The number of likely N-dealkylation sites (N-methyl/N-ethyl adjacent to an activating group) is 1. The number of esters is 1. The maximum Gasteiger partial charge on any atom is 0.341 e. The molecule has 0 saturated carbocycles. The van der Waals surface area contributed by atoms with Gasteiger partial charge in [0.15, 0.2) is 11.6 Å². The maximum absolute atomic E-state index is 13.4. The van der Waals surface area contributed by atoms with Crippen LogP contribution in [0.5, 0.6) is 5.75 Å². The fourth-order valence-electron chi connectivity index (χ4n) is 2.15. The molecule has 2 aromatic rings. The van der Waals surface area contributed by atoms with E-state index in [1.807, 2.05) is 11.9 Å². The summed E-state index contributed by atoms with van der Waals surface area (Å²) in [5.74, 6) is 0.643. The highest BCUT2D eigenvalue weighted by Crippen LogP contribution is 2.17. The monoisotopic (exact) mass is 321 g/mol. The third kappa shape index (κ3) is 4.56. The van der Waals surface area contributed by atoms with E-state index in [1.54, 1.807) is 31.2 Å². The van der Waals surface area contributed by atoms with E-state index < -0.39 is 5.97 Å². The molecule has 0 amide bonds. The van der Waals surface area contributed by atoms with Crippen LogP contribution in [0, 0.1) is 12.7 Å². The number of rotatable bonds is 7. The van der Waals surface area contributed by atoms with Crippen LogP contribution in [0.25, 0.3) is 0 Å². The van der Waals surface area contributed by atoms with Gasteiger partial charge < -0.3 is 13.9 Å². The number of aryl methyl sites for hydroxylation is 1. The summed E-state index contributed by atoms with van der Waals surface area (Å²) in [6.07, 6.45) is 0. The summed E-state index contributed by atoms with van der Waals surface area (Å²) in [4.78, 5) is 13.5. The minimum Gasteiger partial charge on any atom is -0.489 e. The zero-order valence-corrected chi connectivity index (χ0v) is 13.5. The van der Waals surface area contributed by atoms with Crippen molar-refractivity contribution in [3.63, 3.8) is 0 Å². The summed E-state index contributed by atoms with van der Waals surface area (Å²) in [5, 5.41) is 0. The summed E-state index contributed by atoms with van der Waals surface area (Å²) in [7, 11) is 3.22. The number of hydrogen-bond acceptors (Lipinski definition) is 5. The molecule has 0 N–H and O–H groups in total. The lowest BCUT2D eigenvalue weighted by atomic mass is 10.2. The largest absolute Gasteiger partial charge is 0.489 e. The van der Waals surface area contributed by atoms with Crippen LogP contribution >= 0.6 is 0 Å². The predicted molar refractivity (Wildman–Crippen MR) is 83.0 cm³/mol. The van der Waals surface area contributed by atoms with Crippen molar-refractivity contribution in [3.05, 3.63) is 53.2 Å². The molecule has 1 aromatic heterocycles. The number of hydrogen-bond donors (Lipinski definition) is 0. The van der Waals surface area contributed by atoms with Gasteiger partial charge in [0.25, 0.3) is 0 Å². The van der Waals surface area contributed by atoms with Gasteiger partial charge in [-0.3, -0.25) is 4.90 Å². The highest BCUT2D eigenvalue weighted by molar-refractivity contribution is 5.90. The van der Waals surface area contributed by atoms with Gasteiger partial charge in [-0.25, -0.2) is 9.18 Å². The minimum absolute atomic E-state index is 0.239. The Bertz CT molecular complexity index is 668. The fraction of sp³-hybridized carbons (Fsp3) is 0.353. The molecule has 0 atom stereocenters. The number of halogens is 1. The van der Waals surface area contributed by atoms with Gasteiger partial charge >= 0.3 is 5.97 Å². The summed E-state index contributed by atoms with van der Waals surface area (Å²) < 4.78 is 29.1. The normalized spacial score (nSPS) is 10.8. The van der Waals surface area contributed by atoms with E-state index in [9.17, 15) is 9.18 Å². The van der Waals surface area contributed by atoms with Crippen LogP contribution in [0.2, 0.25) is 0 Å². The second kappa shape index (κ2) is 7.78. The standard InChI is InChI=1S/C17H20FNO4/c1-12-14(17(20)21-3)10-13(23-12)11-19(2)8-9-22-16-7-5-4-6-15(16)18/h4-7,10H,8-9,11H2,1-3H3. The first-order chi connectivity index (χ1) is 11.0. The molecule has 0 aliphatic rings. The van der Waals surface area contributed by atoms with Gasteiger partial charge in [-0.15, -0.1) is 0 Å². The van der Waals surface area contributed by atoms with E-state index in [2.05, 4.69) is 0 Å². The third-order valence-corrected chi connectivity index (χ3v) is 3.37. The molecule has 1 heterocycles. The lowest BCUT2D eigenvalue weighted by Crippen LogP contribution is -2.23. The molecule has 0 aliphatic carbocycles. The average Bonchev–Trinajstić information content (AvgIpc) is 2.89. The van der Waals surface area contributed by atoms with Crippen LogP contribution in [0.1, 0.15) is 21.9 Å². The van der Waals surface area contributed by atoms with Crippen molar-refractivity contribution < 1.29 is 23.1 Å². The van der Waals surface area contributed by atoms with E-state index in [0.717, 1.165) is 0 Å². The second-order valence-electron chi connectivity index (χ2n) is 5.19. The lowest BCUT2D eigenvalue weighted by Gasteiger charge is -2.15. The summed E-state index contributed by atoms with van der Waals surface area (Å²) in [5.41, 5.74) is 0.429. The number of para-hydroxylation sites is 1. The first-order valence-corrected chi connectivity index (χ1v) is 7.24. The van der Waals surface area contributed by atoms with Crippen LogP contribution in [0.15, 0.2) is 34.7 Å². The van der Waals surface area contributed by atoms with Crippen molar-refractivity contribution in [1.82, 2.24) is 4.90 Å². The number of methoxy groups -OCH3 is 1. The van der Waals surface area contributed by atoms with Gasteiger partial charge in [-0.1, -0.05) is 12.1 Å². The molecule has 0 aliphatic heterocycles. The van der Waals surface area contributed by atoms with Crippen LogP contribution < -0.4 is 4.74 Å². The number of furan rings is 1. The molecule has 0 saturated heterocycles. The van der Waals surface area contributed by atoms with Crippen LogP contribution in [-0.2, 0) is 11.3 Å². The summed E-state index contributed by atoms with van der Waals surface area (Å²) >= 11 is 0. The van der Waals surface area contributed by atoms with Gasteiger partial charge in [-0.2, -0.15) is 0 Å². The number of carbonyl (C=O) groups excluding carboxylic acids is 1. The molecule has 1 aromatic carbocycles. The van der Waals surface area contributed by atoms with Crippen LogP contribution in [-0.4, -0.2) is 38.2 Å². The Balaban J connectivity index is 1.84. The number of benzene rings is 1. The van der Waals surface area contributed by atoms with Crippen molar-refractivity contribution in [1.29, 1.82) is 0 Å². The zero-order valence-electron chi connectivity index (χ0n) is 13.5. The summed E-state index contributed by atoms with van der Waals surface area (Å²) in [6, 6.07) is 7.97. The minimum atomic E-state index is -0.414. The lowest BCUT2D eigenvalue weighted by molar-refractivity contribution is 0.0599. The first kappa shape index (κ1) is 17.0. The molecule has 0 radical (unpaired) electrons. The Labute approximate surface area is 134 Å². The highest BCUT2D eigenvalue weighted by atomic mass is 19.1. The molecule has 23 heavy (non-hydrogen) atoms. The van der Waals surface area contributed by atoms with Crippen LogP contribution in [0.3, 0.4) is 0 Å². The Morgan fingerprint density at radius 1 is 1.35 bits per heavy atom. The van der Waals surface area contributed by atoms with Crippen LogP contribution in [0.4, 0.5) is 4.39 Å². The fourth-order valence-corrected chi connectivity index (χ4v) is 2.15. The predicted octanol–water partition coefficient (Wildman–Crippen LogP) is 3.02. The van der Waals surface area contributed by atoms with E-state index >= 15 is 0 Å². The number of nitrogens with zero attached hydrogens (tertiary/aromatic N) is 1. The molecular weight excluding hydrogens is 301 g/mol. The average molecular weight is 321 g/mol. The van der Waals surface area contributed by atoms with Crippen molar-refractivity contribution in [3.8, 4) is 5.75 Å². The highest BCUT2D eigenvalue weighted by Gasteiger charge is 2.16. The van der Waals surface area contributed by atoms with Gasteiger partial charge in [0, 0.05) is 6.54 Å². The molecule has 0 unspecified atom stereocenters. The first-order valence-electron chi connectivity index (χ1n) is 7.24. The number of carbonyl (C=O) groups is 1. The van der Waals surface area contributed by atoms with Crippen molar-refractivity contribution in [2.75, 3.05) is 27.3 Å². The Morgan fingerprint density at radius 3 is 2.78 bits per heavy atom. The molecular formula is C17H20FNO4. The Kier molecular flexibility index (Phi) is 5.76. The summed E-state index contributed by atoms with van der Waals surface area (Å²) in [6.45, 7) is 3.16. The molecule has 2 rings (SSSR count). The van der Waals surface area contributed by atoms with Gasteiger partial charge in [-0.05, 0) is 32.2 Å². The van der Waals surface area contributed by atoms with E-state index in [0.29, 0.717) is 36.8 Å². The van der Waals surface area contributed by atoms with Gasteiger partial charge in [0.05, 0.1) is 13.7 Å². The van der Waals surface area contributed by atoms with Crippen molar-refractivity contribution >= 4 is 5.97 Å². The van der Waals surface area contributed by atoms with E-state index in [1.165, 1.54) is 13.2 Å². The zero-order chi connectivity index (χ0) is 16.8. The quantitative estimate of drug-likeness (QED) is 0.734. The SMILES string of the molecule is COC(=O)c1cc(CN(C)CCOc2ccccc2F)oc1C. The second-order valence-corrected chi connectivity index (χ2v) is 5.19. The Hall–Kier alpha value is -2.34. The topological polar surface area (TPSA) is 51.9 Å². The van der Waals surface area contributed by atoms with Gasteiger partial charge in [0.1, 0.15) is 23.7 Å². The Morgan fingerprint density at radius 2 is 2.09 bits per heavy atom.